The molecule has 0 radical (unpaired) electrons. The van der Waals surface area contributed by atoms with E-state index in [2.05, 4.69) is 5.18 Å². The van der Waals surface area contributed by atoms with Crippen molar-refractivity contribution in [2.75, 3.05) is 6.61 Å². The quantitative estimate of drug-likeness (QED) is 0.576. The van der Waals surface area contributed by atoms with E-state index in [4.69, 9.17) is 14.2 Å². The van der Waals surface area contributed by atoms with Gasteiger partial charge in [0.05, 0.1) is 12.2 Å². The zero-order valence-electron chi connectivity index (χ0n) is 15.7. The van der Waals surface area contributed by atoms with E-state index in [1.165, 1.54) is 0 Å². The van der Waals surface area contributed by atoms with Crippen molar-refractivity contribution < 1.29 is 23.8 Å². The number of carbonyl (C=O) groups excluding carboxylic acids is 2. The van der Waals surface area contributed by atoms with Gasteiger partial charge in [-0.05, 0) is 29.6 Å². The molecule has 0 fully saturated rings. The van der Waals surface area contributed by atoms with Gasteiger partial charge in [0.2, 0.25) is 5.78 Å². The van der Waals surface area contributed by atoms with Gasteiger partial charge in [0.1, 0.15) is 5.75 Å². The predicted octanol–water partition coefficient (Wildman–Crippen LogP) is 4.39. The topological polar surface area (TPSA) is 91.3 Å². The molecule has 1 aliphatic heterocycles. The Balaban J connectivity index is 1.98. The fourth-order valence-corrected chi connectivity index (χ4v) is 3.94. The first kappa shape index (κ1) is 18.2. The fraction of sp³-hybridized carbons (Fsp3) is 0.333. The van der Waals surface area contributed by atoms with Gasteiger partial charge in [-0.25, -0.2) is 4.79 Å². The molecule has 2 aliphatic rings. The molecule has 0 saturated carbocycles. The van der Waals surface area contributed by atoms with Crippen LogP contribution < -0.4 is 4.74 Å². The van der Waals surface area contributed by atoms with Crippen molar-refractivity contribution in [1.29, 1.82) is 0 Å². The van der Waals surface area contributed by atoms with Crippen molar-refractivity contribution in [3.05, 3.63) is 69.6 Å². The van der Waals surface area contributed by atoms with Crippen LogP contribution >= 0.6 is 0 Å². The molecule has 2 unspecified atom stereocenters. The largest absolute Gasteiger partial charge is 0.511 e. The van der Waals surface area contributed by atoms with Crippen LogP contribution in [0.5, 0.6) is 5.75 Å². The summed E-state index contributed by atoms with van der Waals surface area (Å²) < 4.78 is 16.5. The van der Waals surface area contributed by atoms with Gasteiger partial charge in [0.25, 0.3) is 5.54 Å². The normalized spacial score (nSPS) is 24.2. The Morgan fingerprint density at radius 2 is 1.93 bits per heavy atom. The number of benzene rings is 2. The zero-order valence-corrected chi connectivity index (χ0v) is 15.7. The van der Waals surface area contributed by atoms with Crippen LogP contribution in [0, 0.1) is 4.91 Å². The van der Waals surface area contributed by atoms with Crippen molar-refractivity contribution in [2.24, 2.45) is 5.18 Å². The highest BCUT2D eigenvalue weighted by atomic mass is 16.8. The SMILES string of the molecule is CCOC(=O)OC12Oc3cc(C(C)C)ccc3C1(N=O)C(=O)c1ccccc12. The number of nitroso groups, excluding NO2 is 1. The van der Waals surface area contributed by atoms with Gasteiger partial charge in [0.15, 0.2) is 0 Å². The first-order chi connectivity index (χ1) is 13.4. The maximum Gasteiger partial charge on any atom is 0.511 e. The summed E-state index contributed by atoms with van der Waals surface area (Å²) in [5.41, 5.74) is -0.335. The maximum absolute atomic E-state index is 13.4. The van der Waals surface area contributed by atoms with E-state index in [9.17, 15) is 14.5 Å². The third kappa shape index (κ3) is 2.10. The second kappa shape index (κ2) is 6.15. The van der Waals surface area contributed by atoms with Crippen molar-refractivity contribution in [1.82, 2.24) is 0 Å². The standard InChI is InChI=1S/C21H19NO6/c1-4-26-19(24)28-21-15-8-6-5-7-14(15)18(23)20(21,22-25)16-10-9-13(12(2)3)11-17(16)27-21/h5-12H,4H2,1-3H3. The zero-order chi connectivity index (χ0) is 20.1. The average molecular weight is 381 g/mol. The average Bonchev–Trinajstić information content (AvgIpc) is 3.07. The monoisotopic (exact) mass is 381 g/mol. The minimum Gasteiger partial charge on any atom is -0.445 e. The minimum absolute atomic E-state index is 0.0659. The Morgan fingerprint density at radius 3 is 2.61 bits per heavy atom. The van der Waals surface area contributed by atoms with E-state index in [1.54, 1.807) is 43.3 Å². The van der Waals surface area contributed by atoms with Gasteiger partial charge in [-0.15, -0.1) is 4.91 Å². The van der Waals surface area contributed by atoms with Crippen molar-refractivity contribution >= 4 is 11.9 Å². The number of ketones is 1. The first-order valence-electron chi connectivity index (χ1n) is 9.09. The molecule has 144 valence electrons. The molecule has 28 heavy (non-hydrogen) atoms. The van der Waals surface area contributed by atoms with E-state index in [-0.39, 0.29) is 35.0 Å². The molecule has 0 saturated heterocycles. The van der Waals surface area contributed by atoms with Crippen molar-refractivity contribution in [2.45, 2.75) is 38.0 Å². The van der Waals surface area contributed by atoms with Crippen LogP contribution in [0.1, 0.15) is 53.7 Å². The molecule has 0 spiro atoms. The Labute approximate surface area is 161 Å². The molecule has 2 aromatic carbocycles. The Hall–Kier alpha value is -3.22. The molecule has 0 amide bonds. The van der Waals surface area contributed by atoms with Gasteiger partial charge in [0, 0.05) is 11.1 Å². The van der Waals surface area contributed by atoms with E-state index in [0.717, 1.165) is 5.56 Å². The number of Topliss-reactive ketones (excluding diaryl/α,β-unsaturated/α-hetero) is 1. The molecule has 0 bridgehead atoms. The lowest BCUT2D eigenvalue weighted by Crippen LogP contribution is -2.50. The maximum atomic E-state index is 13.4. The summed E-state index contributed by atoms with van der Waals surface area (Å²) in [5, 5.41) is 3.22. The highest BCUT2D eigenvalue weighted by molar-refractivity contribution is 6.11. The summed E-state index contributed by atoms with van der Waals surface area (Å²) in [7, 11) is 0. The third-order valence-corrected chi connectivity index (χ3v) is 5.27. The van der Waals surface area contributed by atoms with Gasteiger partial charge in [-0.3, -0.25) is 4.79 Å². The summed E-state index contributed by atoms with van der Waals surface area (Å²) in [4.78, 5) is 37.8. The number of hydrogen-bond donors (Lipinski definition) is 0. The van der Waals surface area contributed by atoms with Crippen LogP contribution in [0.25, 0.3) is 0 Å². The molecular weight excluding hydrogens is 362 g/mol. The highest BCUT2D eigenvalue weighted by Crippen LogP contribution is 2.62. The van der Waals surface area contributed by atoms with E-state index in [0.29, 0.717) is 0 Å². The molecule has 2 atom stereocenters. The molecule has 1 heterocycles. The predicted molar refractivity (Wildman–Crippen MR) is 99.2 cm³/mol. The van der Waals surface area contributed by atoms with Crippen molar-refractivity contribution in [3.8, 4) is 5.75 Å². The van der Waals surface area contributed by atoms with Gasteiger partial charge in [-0.2, -0.15) is 0 Å². The van der Waals surface area contributed by atoms with Crippen LogP contribution in [-0.2, 0) is 20.8 Å². The fourth-order valence-electron chi connectivity index (χ4n) is 3.94. The number of ether oxygens (including phenoxy) is 3. The summed E-state index contributed by atoms with van der Waals surface area (Å²) >= 11 is 0. The van der Waals surface area contributed by atoms with Crippen LogP contribution in [0.15, 0.2) is 47.6 Å². The van der Waals surface area contributed by atoms with Crippen LogP contribution in [-0.4, -0.2) is 18.5 Å². The van der Waals surface area contributed by atoms with E-state index < -0.39 is 23.3 Å². The Bertz CT molecular complexity index is 1000. The van der Waals surface area contributed by atoms with Crippen LogP contribution in [0.2, 0.25) is 0 Å². The Kier molecular flexibility index (Phi) is 3.99. The lowest BCUT2D eigenvalue weighted by molar-refractivity contribution is -0.179. The molecule has 7 nitrogen and oxygen atoms in total. The summed E-state index contributed by atoms with van der Waals surface area (Å²) in [6, 6.07) is 11.7. The molecule has 1 aliphatic carbocycles. The lowest BCUT2D eigenvalue weighted by Gasteiger charge is -2.31. The minimum atomic E-state index is -2.06. The summed E-state index contributed by atoms with van der Waals surface area (Å²) in [6.07, 6.45) is -1.04. The number of nitrogens with zero attached hydrogens (tertiary/aromatic N) is 1. The lowest BCUT2D eigenvalue weighted by atomic mass is 9.83. The Morgan fingerprint density at radius 1 is 1.18 bits per heavy atom. The molecular formula is C21H19NO6. The molecule has 0 aromatic heterocycles. The molecule has 0 N–H and O–H groups in total. The molecule has 7 heteroatoms. The third-order valence-electron chi connectivity index (χ3n) is 5.27. The van der Waals surface area contributed by atoms with Crippen molar-refractivity contribution in [3.63, 3.8) is 0 Å². The second-order valence-corrected chi connectivity index (χ2v) is 7.09. The van der Waals surface area contributed by atoms with Crippen LogP contribution in [0.3, 0.4) is 0 Å². The van der Waals surface area contributed by atoms with Gasteiger partial charge < -0.3 is 14.2 Å². The smallest absolute Gasteiger partial charge is 0.445 e. The summed E-state index contributed by atoms with van der Waals surface area (Å²) in [6.45, 7) is 5.71. The molecule has 4 rings (SSSR count). The van der Waals surface area contributed by atoms with E-state index >= 15 is 0 Å². The summed E-state index contributed by atoms with van der Waals surface area (Å²) in [5.74, 6) is -2.12. The number of fused-ring (bicyclic) bond motifs is 5. The number of carbonyl (C=O) groups is 2. The second-order valence-electron chi connectivity index (χ2n) is 7.09. The van der Waals surface area contributed by atoms with Gasteiger partial charge in [-0.1, -0.05) is 50.2 Å². The first-order valence-corrected chi connectivity index (χ1v) is 9.09. The highest BCUT2D eigenvalue weighted by Gasteiger charge is 2.76. The molecule has 2 aromatic rings. The number of rotatable bonds is 4. The van der Waals surface area contributed by atoms with Crippen LogP contribution in [0.4, 0.5) is 4.79 Å². The number of hydrogen-bond acceptors (Lipinski definition) is 7. The van der Waals surface area contributed by atoms with E-state index in [1.807, 2.05) is 19.9 Å². The van der Waals surface area contributed by atoms with Gasteiger partial charge >= 0.3 is 11.9 Å².